The normalized spacial score (nSPS) is 18.4. The highest BCUT2D eigenvalue weighted by atomic mass is 19.1. The van der Waals surface area contributed by atoms with Crippen LogP contribution < -0.4 is 25.3 Å². The van der Waals surface area contributed by atoms with Crippen molar-refractivity contribution in [1.82, 2.24) is 14.9 Å². The number of ether oxygens (including phenoxy) is 1. The van der Waals surface area contributed by atoms with Gasteiger partial charge in [-0.2, -0.15) is 0 Å². The second-order valence-electron chi connectivity index (χ2n) is 10.8. The number of likely N-dealkylation sites (N-methyl/N-ethyl adjacent to an activating group) is 1. The first-order chi connectivity index (χ1) is 20.3. The number of carbonyl (C=O) groups is 1. The molecule has 0 saturated carbocycles. The summed E-state index contributed by atoms with van der Waals surface area (Å²) in [6.45, 7) is 7.64. The minimum Gasteiger partial charge on any atom is -0.494 e. The number of nitrogens with zero attached hydrogens (tertiary/aromatic N) is 5. The van der Waals surface area contributed by atoms with Crippen LogP contribution in [0.25, 0.3) is 0 Å². The number of aromatic nitrogens is 2. The quantitative estimate of drug-likeness (QED) is 0.334. The summed E-state index contributed by atoms with van der Waals surface area (Å²) >= 11 is 0. The summed E-state index contributed by atoms with van der Waals surface area (Å²) < 4.78 is 19.9. The van der Waals surface area contributed by atoms with Crippen molar-refractivity contribution in [1.29, 1.82) is 0 Å². The summed E-state index contributed by atoms with van der Waals surface area (Å²) in [5, 5.41) is 8.07. The van der Waals surface area contributed by atoms with E-state index >= 15 is 0 Å². The van der Waals surface area contributed by atoms with E-state index in [2.05, 4.69) is 51.1 Å². The summed E-state index contributed by atoms with van der Waals surface area (Å²) in [7, 11) is 5.77. The molecule has 222 valence electrons. The van der Waals surface area contributed by atoms with E-state index in [9.17, 15) is 9.18 Å². The molecule has 2 fully saturated rings. The van der Waals surface area contributed by atoms with Gasteiger partial charge in [0, 0.05) is 31.3 Å². The molecule has 2 aromatic carbocycles. The standard InChI is InChI=1S/C31H38FN7O3/c1-6-31(40)36-25-15-26(28(41-5)16-27(25)38-12-10-23(18-38)37(3)4)35-29-17-30(34-19-33-29)39-22(11-13-42-39)14-21-8-7-9-24(32)20(21)2/h6-9,15-17,19,22-23H,1,10-14,18H2,2-5H3,(H,36,40)(H,33,34,35)/t22-,23-/m1/s1. The van der Waals surface area contributed by atoms with Gasteiger partial charge in [-0.05, 0) is 69.6 Å². The number of methoxy groups -OCH3 is 1. The lowest BCUT2D eigenvalue weighted by molar-refractivity contribution is -0.111. The van der Waals surface area contributed by atoms with Gasteiger partial charge in [0.25, 0.3) is 0 Å². The molecule has 42 heavy (non-hydrogen) atoms. The second kappa shape index (κ2) is 12.7. The Hall–Kier alpha value is -4.22. The maximum absolute atomic E-state index is 14.2. The lowest BCUT2D eigenvalue weighted by Gasteiger charge is -2.26. The van der Waals surface area contributed by atoms with Crippen LogP contribution in [-0.2, 0) is 16.1 Å². The van der Waals surface area contributed by atoms with Crippen molar-refractivity contribution in [3.8, 4) is 5.75 Å². The predicted molar refractivity (Wildman–Crippen MR) is 163 cm³/mol. The van der Waals surface area contributed by atoms with Gasteiger partial charge < -0.3 is 25.2 Å². The SMILES string of the molecule is C=CC(=O)Nc1cc(Nc2cc(N3OCC[C@@H]3Cc3cccc(F)c3C)ncn2)c(OC)cc1N1CC[C@@H](N(C)C)C1. The Bertz CT molecular complexity index is 1450. The number of amides is 1. The van der Waals surface area contributed by atoms with Crippen molar-refractivity contribution in [3.63, 3.8) is 0 Å². The minimum absolute atomic E-state index is 0.00533. The van der Waals surface area contributed by atoms with Gasteiger partial charge in [0.2, 0.25) is 5.91 Å². The van der Waals surface area contributed by atoms with Gasteiger partial charge >= 0.3 is 0 Å². The summed E-state index contributed by atoms with van der Waals surface area (Å²) in [6, 6.07) is 11.2. The zero-order valence-electron chi connectivity index (χ0n) is 24.6. The average Bonchev–Trinajstić information content (AvgIpc) is 3.66. The molecule has 1 amide bonds. The first kappa shape index (κ1) is 29.3. The van der Waals surface area contributed by atoms with E-state index in [-0.39, 0.29) is 17.8 Å². The molecule has 0 unspecified atom stereocenters. The Kier molecular flexibility index (Phi) is 8.89. The zero-order chi connectivity index (χ0) is 29.8. The Morgan fingerprint density at radius 1 is 1.24 bits per heavy atom. The molecular formula is C31H38FN7O3. The predicted octanol–water partition coefficient (Wildman–Crippen LogP) is 4.69. The molecule has 3 heterocycles. The van der Waals surface area contributed by atoms with E-state index in [1.807, 2.05) is 18.2 Å². The van der Waals surface area contributed by atoms with Gasteiger partial charge in [0.15, 0.2) is 5.82 Å². The smallest absolute Gasteiger partial charge is 0.247 e. The molecule has 2 N–H and O–H groups in total. The van der Waals surface area contributed by atoms with Crippen LogP contribution in [0.2, 0.25) is 0 Å². The topological polar surface area (TPSA) is 95.1 Å². The van der Waals surface area contributed by atoms with Crippen molar-refractivity contribution in [3.05, 3.63) is 72.3 Å². The molecule has 5 rings (SSSR count). The van der Waals surface area contributed by atoms with E-state index in [4.69, 9.17) is 9.57 Å². The molecule has 1 aromatic heterocycles. The van der Waals surface area contributed by atoms with Crippen molar-refractivity contribution in [2.24, 2.45) is 0 Å². The van der Waals surface area contributed by atoms with Crippen LogP contribution >= 0.6 is 0 Å². The lowest BCUT2D eigenvalue weighted by Crippen LogP contribution is -2.31. The highest BCUT2D eigenvalue weighted by Gasteiger charge is 2.30. The van der Waals surface area contributed by atoms with E-state index < -0.39 is 0 Å². The number of benzene rings is 2. The van der Waals surface area contributed by atoms with Crippen LogP contribution in [0.4, 0.5) is 33.1 Å². The molecule has 2 atom stereocenters. The number of hydrogen-bond acceptors (Lipinski definition) is 9. The number of carbonyl (C=O) groups excluding carboxylic acids is 1. The number of nitrogens with one attached hydrogen (secondary N) is 2. The zero-order valence-corrected chi connectivity index (χ0v) is 24.6. The molecule has 0 spiro atoms. The molecule has 0 radical (unpaired) electrons. The van der Waals surface area contributed by atoms with Crippen molar-refractivity contribution < 1.29 is 18.8 Å². The van der Waals surface area contributed by atoms with E-state index in [1.165, 1.54) is 18.5 Å². The molecule has 2 aliphatic rings. The van der Waals surface area contributed by atoms with Gasteiger partial charge in [-0.25, -0.2) is 19.4 Å². The number of hydroxylamine groups is 1. The van der Waals surface area contributed by atoms with Crippen LogP contribution in [0.15, 0.2) is 55.4 Å². The molecular weight excluding hydrogens is 537 g/mol. The Labute approximate surface area is 246 Å². The van der Waals surface area contributed by atoms with Crippen molar-refractivity contribution in [2.45, 2.75) is 38.3 Å². The van der Waals surface area contributed by atoms with Gasteiger partial charge in [-0.3, -0.25) is 9.63 Å². The number of halogens is 1. The number of anilines is 5. The summed E-state index contributed by atoms with van der Waals surface area (Å²) in [4.78, 5) is 31.7. The highest BCUT2D eigenvalue weighted by Crippen LogP contribution is 2.40. The minimum atomic E-state index is -0.300. The Morgan fingerprint density at radius 3 is 2.81 bits per heavy atom. The van der Waals surface area contributed by atoms with Crippen LogP contribution in [0.3, 0.4) is 0 Å². The van der Waals surface area contributed by atoms with Gasteiger partial charge in [-0.15, -0.1) is 0 Å². The van der Waals surface area contributed by atoms with E-state index in [1.54, 1.807) is 31.2 Å². The van der Waals surface area contributed by atoms with Crippen LogP contribution in [0.5, 0.6) is 5.75 Å². The van der Waals surface area contributed by atoms with Gasteiger partial charge in [0.05, 0.1) is 36.8 Å². The highest BCUT2D eigenvalue weighted by molar-refractivity contribution is 6.02. The molecule has 11 heteroatoms. The third-order valence-electron chi connectivity index (χ3n) is 7.99. The average molecular weight is 576 g/mol. The van der Waals surface area contributed by atoms with Gasteiger partial charge in [-0.1, -0.05) is 18.7 Å². The molecule has 10 nitrogen and oxygen atoms in total. The summed E-state index contributed by atoms with van der Waals surface area (Å²) in [5.74, 6) is 1.21. The third kappa shape index (κ3) is 6.32. The fourth-order valence-corrected chi connectivity index (χ4v) is 5.51. The van der Waals surface area contributed by atoms with Crippen molar-refractivity contribution in [2.75, 3.05) is 61.5 Å². The monoisotopic (exact) mass is 575 g/mol. The first-order valence-corrected chi connectivity index (χ1v) is 14.1. The molecule has 0 bridgehead atoms. The maximum Gasteiger partial charge on any atom is 0.247 e. The fraction of sp³-hybridized carbons (Fsp3) is 0.387. The van der Waals surface area contributed by atoms with Gasteiger partial charge in [0.1, 0.15) is 23.7 Å². The molecule has 2 aliphatic heterocycles. The molecule has 2 saturated heterocycles. The number of hydrogen-bond donors (Lipinski definition) is 2. The van der Waals surface area contributed by atoms with E-state index in [0.29, 0.717) is 53.4 Å². The first-order valence-electron chi connectivity index (χ1n) is 14.1. The maximum atomic E-state index is 14.2. The Morgan fingerprint density at radius 2 is 2.07 bits per heavy atom. The summed E-state index contributed by atoms with van der Waals surface area (Å²) in [5.41, 5.74) is 3.74. The molecule has 0 aliphatic carbocycles. The molecule has 3 aromatic rings. The largest absolute Gasteiger partial charge is 0.494 e. The fourth-order valence-electron chi connectivity index (χ4n) is 5.51. The van der Waals surface area contributed by atoms with Crippen LogP contribution in [-0.4, -0.2) is 73.8 Å². The third-order valence-corrected chi connectivity index (χ3v) is 7.99. The second-order valence-corrected chi connectivity index (χ2v) is 10.8. The van der Waals surface area contributed by atoms with E-state index in [0.717, 1.165) is 37.2 Å². The van der Waals surface area contributed by atoms with Crippen molar-refractivity contribution >= 4 is 34.6 Å². The lowest BCUT2D eigenvalue weighted by atomic mass is 9.99. The Balaban J connectivity index is 1.41. The number of rotatable bonds is 10. The summed E-state index contributed by atoms with van der Waals surface area (Å²) in [6.07, 6.45) is 5.16. The van der Waals surface area contributed by atoms with Crippen LogP contribution in [0, 0.1) is 12.7 Å². The van der Waals surface area contributed by atoms with Crippen LogP contribution in [0.1, 0.15) is 24.0 Å².